The zero-order valence-corrected chi connectivity index (χ0v) is 11.8. The Balaban J connectivity index is 1.85. The molecule has 1 N–H and O–H groups in total. The van der Waals surface area contributed by atoms with Gasteiger partial charge in [0.05, 0.1) is 10.6 Å². The number of hydrogen-bond acceptors (Lipinski definition) is 4. The molecule has 0 radical (unpaired) electrons. The van der Waals surface area contributed by atoms with E-state index in [0.717, 1.165) is 17.1 Å². The average Bonchev–Trinajstić information content (AvgIpc) is 3.02. The Kier molecular flexibility index (Phi) is 3.36. The van der Waals surface area contributed by atoms with Crippen molar-refractivity contribution in [3.05, 3.63) is 42.3 Å². The van der Waals surface area contributed by atoms with E-state index >= 15 is 0 Å². The van der Waals surface area contributed by atoms with Gasteiger partial charge in [0, 0.05) is 17.3 Å². The number of aromatic nitrogens is 1. The highest BCUT2D eigenvalue weighted by Gasteiger charge is 2.10. The van der Waals surface area contributed by atoms with Crippen LogP contribution in [0.3, 0.4) is 0 Å². The van der Waals surface area contributed by atoms with Gasteiger partial charge in [0.2, 0.25) is 5.89 Å². The molecule has 2 aromatic heterocycles. The van der Waals surface area contributed by atoms with Crippen molar-refractivity contribution in [1.82, 2.24) is 10.3 Å². The number of thiophene rings is 1. The Morgan fingerprint density at radius 2 is 2.16 bits per heavy atom. The van der Waals surface area contributed by atoms with Gasteiger partial charge in [0.25, 0.3) is 0 Å². The summed E-state index contributed by atoms with van der Waals surface area (Å²) in [4.78, 5) is 5.61. The van der Waals surface area contributed by atoms with Gasteiger partial charge in [-0.15, -0.1) is 11.3 Å². The van der Waals surface area contributed by atoms with E-state index in [4.69, 9.17) is 4.42 Å². The van der Waals surface area contributed by atoms with Crippen LogP contribution in [0.4, 0.5) is 0 Å². The average molecular weight is 272 g/mol. The molecule has 2 heterocycles. The van der Waals surface area contributed by atoms with E-state index in [1.165, 1.54) is 10.1 Å². The minimum Gasteiger partial charge on any atom is -0.444 e. The van der Waals surface area contributed by atoms with Crippen LogP contribution in [0.1, 0.15) is 19.5 Å². The smallest absolute Gasteiger partial charge is 0.236 e. The SMILES string of the molecule is CC(C)NCc1coc(-c2cc3ccccc3s2)n1. The summed E-state index contributed by atoms with van der Waals surface area (Å²) in [6.45, 7) is 4.98. The Hall–Kier alpha value is -1.65. The van der Waals surface area contributed by atoms with Crippen LogP contribution in [0.15, 0.2) is 41.0 Å². The molecule has 3 nitrogen and oxygen atoms in total. The van der Waals surface area contributed by atoms with Gasteiger partial charge >= 0.3 is 0 Å². The van der Waals surface area contributed by atoms with Crippen LogP contribution < -0.4 is 5.32 Å². The molecule has 98 valence electrons. The number of nitrogens with one attached hydrogen (secondary N) is 1. The second kappa shape index (κ2) is 5.15. The molecule has 1 aromatic carbocycles. The fourth-order valence-corrected chi connectivity index (χ4v) is 2.89. The van der Waals surface area contributed by atoms with E-state index in [0.29, 0.717) is 11.9 Å². The van der Waals surface area contributed by atoms with Crippen LogP contribution in [0, 0.1) is 0 Å². The van der Waals surface area contributed by atoms with Crippen molar-refractivity contribution in [2.75, 3.05) is 0 Å². The van der Waals surface area contributed by atoms with Crippen molar-refractivity contribution in [3.63, 3.8) is 0 Å². The molecule has 3 aromatic rings. The van der Waals surface area contributed by atoms with Crippen LogP contribution in [-0.4, -0.2) is 11.0 Å². The molecule has 0 amide bonds. The molecular formula is C15H16N2OS. The fraction of sp³-hybridized carbons (Fsp3) is 0.267. The minimum atomic E-state index is 0.449. The van der Waals surface area contributed by atoms with Gasteiger partial charge in [-0.05, 0) is 17.5 Å². The highest BCUT2D eigenvalue weighted by atomic mass is 32.1. The number of hydrogen-bond donors (Lipinski definition) is 1. The Morgan fingerprint density at radius 3 is 2.95 bits per heavy atom. The zero-order valence-electron chi connectivity index (χ0n) is 11.0. The molecule has 0 saturated heterocycles. The maximum Gasteiger partial charge on any atom is 0.236 e. The first-order valence-corrected chi connectivity index (χ1v) is 7.21. The predicted octanol–water partition coefficient (Wildman–Crippen LogP) is 4.05. The van der Waals surface area contributed by atoms with Crippen LogP contribution in [-0.2, 0) is 6.54 Å². The largest absolute Gasteiger partial charge is 0.444 e. The van der Waals surface area contributed by atoms with Gasteiger partial charge in [0.1, 0.15) is 6.26 Å². The summed E-state index contributed by atoms with van der Waals surface area (Å²) in [5, 5.41) is 4.57. The number of benzene rings is 1. The molecule has 0 aliphatic carbocycles. The summed E-state index contributed by atoms with van der Waals surface area (Å²) in [7, 11) is 0. The molecule has 19 heavy (non-hydrogen) atoms. The molecule has 0 aliphatic rings. The summed E-state index contributed by atoms with van der Waals surface area (Å²) >= 11 is 1.71. The highest BCUT2D eigenvalue weighted by molar-refractivity contribution is 7.22. The third-order valence-corrected chi connectivity index (χ3v) is 3.98. The monoisotopic (exact) mass is 272 g/mol. The molecular weight excluding hydrogens is 256 g/mol. The lowest BCUT2D eigenvalue weighted by Gasteiger charge is -2.03. The van der Waals surface area contributed by atoms with E-state index in [1.54, 1.807) is 17.6 Å². The molecule has 4 heteroatoms. The number of oxazole rings is 1. The minimum absolute atomic E-state index is 0.449. The van der Waals surface area contributed by atoms with Crippen LogP contribution in [0.25, 0.3) is 20.9 Å². The molecule has 0 aliphatic heterocycles. The summed E-state index contributed by atoms with van der Waals surface area (Å²) in [6.07, 6.45) is 1.73. The van der Waals surface area contributed by atoms with Crippen molar-refractivity contribution >= 4 is 21.4 Å². The van der Waals surface area contributed by atoms with Crippen molar-refractivity contribution in [2.24, 2.45) is 0 Å². The Labute approximate surface area is 116 Å². The number of rotatable bonds is 4. The maximum atomic E-state index is 5.57. The fourth-order valence-electron chi connectivity index (χ4n) is 1.90. The first kappa shape index (κ1) is 12.4. The van der Waals surface area contributed by atoms with Gasteiger partial charge in [-0.1, -0.05) is 32.0 Å². The normalized spacial score (nSPS) is 11.5. The lowest BCUT2D eigenvalue weighted by Crippen LogP contribution is -2.21. The first-order valence-electron chi connectivity index (χ1n) is 6.39. The zero-order chi connectivity index (χ0) is 13.2. The summed E-state index contributed by atoms with van der Waals surface area (Å²) in [6, 6.07) is 10.9. The van der Waals surface area contributed by atoms with Gasteiger partial charge in [-0.3, -0.25) is 0 Å². The van der Waals surface area contributed by atoms with E-state index in [-0.39, 0.29) is 0 Å². The number of nitrogens with zero attached hydrogens (tertiary/aromatic N) is 1. The predicted molar refractivity (Wildman–Crippen MR) is 79.3 cm³/mol. The molecule has 0 saturated carbocycles. The van der Waals surface area contributed by atoms with Crippen molar-refractivity contribution in [1.29, 1.82) is 0 Å². The second-order valence-corrected chi connectivity index (χ2v) is 5.91. The molecule has 0 fully saturated rings. The lowest BCUT2D eigenvalue weighted by atomic mass is 10.2. The van der Waals surface area contributed by atoms with E-state index in [2.05, 4.69) is 48.4 Å². The summed E-state index contributed by atoms with van der Waals surface area (Å²) in [5.74, 6) is 0.710. The van der Waals surface area contributed by atoms with Crippen LogP contribution in [0.5, 0.6) is 0 Å². The van der Waals surface area contributed by atoms with Crippen LogP contribution >= 0.6 is 11.3 Å². The lowest BCUT2D eigenvalue weighted by molar-refractivity contribution is 0.561. The van der Waals surface area contributed by atoms with Gasteiger partial charge in [0.15, 0.2) is 0 Å². The first-order chi connectivity index (χ1) is 9.22. The quantitative estimate of drug-likeness (QED) is 0.778. The molecule has 0 unspecified atom stereocenters. The van der Waals surface area contributed by atoms with Crippen molar-refractivity contribution in [2.45, 2.75) is 26.4 Å². The molecule has 0 atom stereocenters. The standard InChI is InChI=1S/C15H16N2OS/c1-10(2)16-8-12-9-18-15(17-12)14-7-11-5-3-4-6-13(11)19-14/h3-7,9-10,16H,8H2,1-2H3. The van der Waals surface area contributed by atoms with E-state index in [9.17, 15) is 0 Å². The van der Waals surface area contributed by atoms with E-state index < -0.39 is 0 Å². The third kappa shape index (κ3) is 2.69. The molecule has 0 bridgehead atoms. The maximum absolute atomic E-state index is 5.57. The van der Waals surface area contributed by atoms with Crippen LogP contribution in [0.2, 0.25) is 0 Å². The molecule has 3 rings (SSSR count). The van der Waals surface area contributed by atoms with E-state index in [1.807, 2.05) is 6.07 Å². The van der Waals surface area contributed by atoms with Gasteiger partial charge < -0.3 is 9.73 Å². The summed E-state index contributed by atoms with van der Waals surface area (Å²) < 4.78 is 6.83. The van der Waals surface area contributed by atoms with Crippen molar-refractivity contribution < 1.29 is 4.42 Å². The number of fused-ring (bicyclic) bond motifs is 1. The Bertz CT molecular complexity index is 651. The van der Waals surface area contributed by atoms with Crippen molar-refractivity contribution in [3.8, 4) is 10.8 Å². The van der Waals surface area contributed by atoms with Gasteiger partial charge in [-0.2, -0.15) is 0 Å². The summed E-state index contributed by atoms with van der Waals surface area (Å²) in [5.41, 5.74) is 0.946. The Morgan fingerprint density at radius 1 is 1.32 bits per heavy atom. The highest BCUT2D eigenvalue weighted by Crippen LogP contribution is 2.32. The third-order valence-electron chi connectivity index (χ3n) is 2.88. The molecule has 0 spiro atoms. The second-order valence-electron chi connectivity index (χ2n) is 4.83. The topological polar surface area (TPSA) is 38.1 Å². The van der Waals surface area contributed by atoms with Gasteiger partial charge in [-0.25, -0.2) is 4.98 Å².